The van der Waals surface area contributed by atoms with Crippen LogP contribution in [0.5, 0.6) is 0 Å². The van der Waals surface area contributed by atoms with Crippen LogP contribution in [0.2, 0.25) is 0 Å². The molecule has 1 heterocycles. The molecule has 0 spiro atoms. The van der Waals surface area contributed by atoms with Gasteiger partial charge in [-0.3, -0.25) is 0 Å². The van der Waals surface area contributed by atoms with Gasteiger partial charge in [0.2, 0.25) is 0 Å². The van der Waals surface area contributed by atoms with E-state index in [1.165, 1.54) is 76.7 Å². The van der Waals surface area contributed by atoms with E-state index in [2.05, 4.69) is 240 Å². The third kappa shape index (κ3) is 5.91. The standard InChI is InChI=1S/C56H38N2/c1-2-18-47(19-3-1)58-55-23-9-8-21-53(55)54-35-34-50(38-56(54)58)57(49-32-28-41(29-33-49)45-25-24-39-12-4-5-14-43(39)36-45)48-30-26-40(27-31-48)44-16-10-17-46(37-44)52-22-11-15-42-13-6-7-20-51(42)52/h1-38H. The molecule has 0 fully saturated rings. The molecule has 0 radical (unpaired) electrons. The van der Waals surface area contributed by atoms with Gasteiger partial charge in [0, 0.05) is 33.5 Å². The third-order valence-corrected chi connectivity index (χ3v) is 11.6. The van der Waals surface area contributed by atoms with Crippen LogP contribution in [-0.4, -0.2) is 4.57 Å². The van der Waals surface area contributed by atoms with Crippen LogP contribution in [0.15, 0.2) is 231 Å². The Balaban J connectivity index is 1.03. The molecule has 0 aliphatic heterocycles. The van der Waals surface area contributed by atoms with Gasteiger partial charge < -0.3 is 9.47 Å². The normalized spacial score (nSPS) is 11.4. The summed E-state index contributed by atoms with van der Waals surface area (Å²) in [4.78, 5) is 2.38. The molecule has 1 aromatic heterocycles. The summed E-state index contributed by atoms with van der Waals surface area (Å²) in [6.45, 7) is 0. The van der Waals surface area contributed by atoms with E-state index in [1.54, 1.807) is 0 Å². The molecule has 2 nitrogen and oxygen atoms in total. The van der Waals surface area contributed by atoms with Gasteiger partial charge in [0.1, 0.15) is 0 Å². The molecule has 0 amide bonds. The van der Waals surface area contributed by atoms with Crippen molar-refractivity contribution in [1.29, 1.82) is 0 Å². The molecule has 0 aliphatic carbocycles. The molecule has 0 atom stereocenters. The topological polar surface area (TPSA) is 8.17 Å². The zero-order valence-corrected chi connectivity index (χ0v) is 31.8. The first-order valence-corrected chi connectivity index (χ1v) is 19.9. The van der Waals surface area contributed by atoms with Crippen LogP contribution in [0, 0.1) is 0 Å². The summed E-state index contributed by atoms with van der Waals surface area (Å²) in [6.07, 6.45) is 0. The Morgan fingerprint density at radius 3 is 1.60 bits per heavy atom. The monoisotopic (exact) mass is 738 g/mol. The van der Waals surface area contributed by atoms with Gasteiger partial charge in [-0.05, 0) is 122 Å². The minimum absolute atomic E-state index is 1.09. The van der Waals surface area contributed by atoms with E-state index in [-0.39, 0.29) is 0 Å². The predicted molar refractivity (Wildman–Crippen MR) is 247 cm³/mol. The lowest BCUT2D eigenvalue weighted by atomic mass is 9.95. The van der Waals surface area contributed by atoms with Crippen molar-refractivity contribution in [2.45, 2.75) is 0 Å². The quantitative estimate of drug-likeness (QED) is 0.158. The molecule has 272 valence electrons. The fourth-order valence-electron chi connectivity index (χ4n) is 8.72. The van der Waals surface area contributed by atoms with Gasteiger partial charge in [0.05, 0.1) is 11.0 Å². The van der Waals surface area contributed by atoms with Crippen molar-refractivity contribution < 1.29 is 0 Å². The van der Waals surface area contributed by atoms with Crippen molar-refractivity contribution in [3.8, 4) is 39.1 Å². The highest BCUT2D eigenvalue weighted by Crippen LogP contribution is 2.41. The second-order valence-corrected chi connectivity index (χ2v) is 15.0. The Labute approximate surface area is 338 Å². The first-order chi connectivity index (χ1) is 28.7. The predicted octanol–water partition coefficient (Wildman–Crippen LogP) is 15.6. The summed E-state index contributed by atoms with van der Waals surface area (Å²) in [5.74, 6) is 0. The minimum Gasteiger partial charge on any atom is -0.310 e. The Kier molecular flexibility index (Phi) is 8.19. The number of nitrogens with zero attached hydrogens (tertiary/aromatic N) is 2. The molecule has 2 heteroatoms. The Bertz CT molecular complexity index is 3260. The highest BCUT2D eigenvalue weighted by Gasteiger charge is 2.18. The maximum absolute atomic E-state index is 2.39. The number of anilines is 3. The number of fused-ring (bicyclic) bond motifs is 5. The van der Waals surface area contributed by atoms with E-state index in [1.807, 2.05) is 0 Å². The lowest BCUT2D eigenvalue weighted by Gasteiger charge is -2.26. The van der Waals surface area contributed by atoms with Crippen LogP contribution in [0.1, 0.15) is 0 Å². The first-order valence-electron chi connectivity index (χ1n) is 19.9. The van der Waals surface area contributed by atoms with E-state index in [4.69, 9.17) is 0 Å². The molecular weight excluding hydrogens is 701 g/mol. The van der Waals surface area contributed by atoms with Crippen molar-refractivity contribution in [2.75, 3.05) is 4.90 Å². The van der Waals surface area contributed by atoms with Crippen LogP contribution in [0.25, 0.3) is 82.4 Å². The third-order valence-electron chi connectivity index (χ3n) is 11.6. The average Bonchev–Trinajstić information content (AvgIpc) is 3.63. The van der Waals surface area contributed by atoms with E-state index in [0.717, 1.165) is 22.7 Å². The van der Waals surface area contributed by atoms with Crippen molar-refractivity contribution in [1.82, 2.24) is 4.57 Å². The Hall–Kier alpha value is -7.68. The second kappa shape index (κ2) is 14.1. The molecular formula is C56H38N2. The summed E-state index contributed by atoms with van der Waals surface area (Å²) < 4.78 is 2.39. The average molecular weight is 739 g/mol. The van der Waals surface area contributed by atoms with Crippen LogP contribution in [0.4, 0.5) is 17.1 Å². The minimum atomic E-state index is 1.09. The molecule has 0 unspecified atom stereocenters. The summed E-state index contributed by atoms with van der Waals surface area (Å²) in [7, 11) is 0. The van der Waals surface area contributed by atoms with Gasteiger partial charge in [-0.2, -0.15) is 0 Å². The maximum atomic E-state index is 2.39. The summed E-state index contributed by atoms with van der Waals surface area (Å²) >= 11 is 0. The van der Waals surface area contributed by atoms with Gasteiger partial charge in [0.25, 0.3) is 0 Å². The summed E-state index contributed by atoms with van der Waals surface area (Å²) in [5, 5.41) is 7.49. The molecule has 10 aromatic carbocycles. The zero-order chi connectivity index (χ0) is 38.4. The SMILES string of the molecule is c1ccc(-n2c3ccccc3c3ccc(N(c4ccc(-c5cccc(-c6cccc7ccccc67)c5)cc4)c4ccc(-c5ccc6ccccc6c5)cc4)cc32)cc1. The number of rotatable bonds is 7. The molecule has 0 N–H and O–H groups in total. The Morgan fingerprint density at radius 2 is 0.828 bits per heavy atom. The van der Waals surface area contributed by atoms with Crippen molar-refractivity contribution >= 4 is 60.4 Å². The molecule has 58 heavy (non-hydrogen) atoms. The lowest BCUT2D eigenvalue weighted by molar-refractivity contribution is 1.18. The maximum Gasteiger partial charge on any atom is 0.0561 e. The largest absolute Gasteiger partial charge is 0.310 e. The number of hydrogen-bond acceptors (Lipinski definition) is 1. The van der Waals surface area contributed by atoms with Crippen LogP contribution >= 0.6 is 0 Å². The van der Waals surface area contributed by atoms with Crippen molar-refractivity contribution in [3.05, 3.63) is 231 Å². The van der Waals surface area contributed by atoms with Crippen molar-refractivity contribution in [3.63, 3.8) is 0 Å². The Morgan fingerprint density at radius 1 is 0.276 bits per heavy atom. The summed E-state index contributed by atoms with van der Waals surface area (Å²) in [6, 6.07) is 83.7. The van der Waals surface area contributed by atoms with Gasteiger partial charge in [-0.1, -0.05) is 164 Å². The second-order valence-electron chi connectivity index (χ2n) is 15.0. The van der Waals surface area contributed by atoms with Crippen LogP contribution in [0.3, 0.4) is 0 Å². The lowest BCUT2D eigenvalue weighted by Crippen LogP contribution is -2.10. The molecule has 11 aromatic rings. The zero-order valence-electron chi connectivity index (χ0n) is 31.8. The fourth-order valence-corrected chi connectivity index (χ4v) is 8.72. The van der Waals surface area contributed by atoms with Gasteiger partial charge in [0.15, 0.2) is 0 Å². The van der Waals surface area contributed by atoms with E-state index in [0.29, 0.717) is 0 Å². The number of hydrogen-bond donors (Lipinski definition) is 0. The van der Waals surface area contributed by atoms with Gasteiger partial charge in [-0.25, -0.2) is 0 Å². The molecule has 0 saturated carbocycles. The van der Waals surface area contributed by atoms with Gasteiger partial charge in [-0.15, -0.1) is 0 Å². The number of aromatic nitrogens is 1. The molecule has 0 aliphatic rings. The van der Waals surface area contributed by atoms with Gasteiger partial charge >= 0.3 is 0 Å². The molecule has 0 bridgehead atoms. The van der Waals surface area contributed by atoms with Crippen LogP contribution in [-0.2, 0) is 0 Å². The smallest absolute Gasteiger partial charge is 0.0561 e. The molecule has 11 rings (SSSR count). The highest BCUT2D eigenvalue weighted by atomic mass is 15.1. The fraction of sp³-hybridized carbons (Fsp3) is 0. The first kappa shape index (κ1) is 33.6. The highest BCUT2D eigenvalue weighted by molar-refractivity contribution is 6.10. The van der Waals surface area contributed by atoms with Crippen molar-refractivity contribution in [2.24, 2.45) is 0 Å². The van der Waals surface area contributed by atoms with E-state index < -0.39 is 0 Å². The summed E-state index contributed by atoms with van der Waals surface area (Å²) in [5.41, 5.74) is 14.0. The number of benzene rings is 10. The molecule has 0 saturated heterocycles. The van der Waals surface area contributed by atoms with E-state index in [9.17, 15) is 0 Å². The number of para-hydroxylation sites is 2. The van der Waals surface area contributed by atoms with E-state index >= 15 is 0 Å². The van der Waals surface area contributed by atoms with Crippen LogP contribution < -0.4 is 4.90 Å².